The van der Waals surface area contributed by atoms with Crippen LogP contribution in [-0.4, -0.2) is 44.8 Å². The highest BCUT2D eigenvalue weighted by atomic mass is 16.5. The molecular formula is C21H24N2O5. The van der Waals surface area contributed by atoms with E-state index in [0.717, 1.165) is 29.9 Å². The lowest BCUT2D eigenvalue weighted by atomic mass is 10.0. The second-order valence-electron chi connectivity index (χ2n) is 6.46. The summed E-state index contributed by atoms with van der Waals surface area (Å²) < 4.78 is 15.5. The summed E-state index contributed by atoms with van der Waals surface area (Å²) in [5.41, 5.74) is 1.97. The van der Waals surface area contributed by atoms with E-state index < -0.39 is 5.97 Å². The number of esters is 1. The lowest BCUT2D eigenvalue weighted by Gasteiger charge is -2.27. The van der Waals surface area contributed by atoms with Gasteiger partial charge in [-0.05, 0) is 55.3 Å². The molecule has 1 unspecified atom stereocenters. The first-order valence-corrected chi connectivity index (χ1v) is 9.05. The first-order chi connectivity index (χ1) is 13.6. The van der Waals surface area contributed by atoms with Crippen LogP contribution in [0.2, 0.25) is 0 Å². The van der Waals surface area contributed by atoms with Gasteiger partial charge in [0.15, 0.2) is 0 Å². The van der Waals surface area contributed by atoms with Crippen LogP contribution in [0.15, 0.2) is 42.5 Å². The Bertz CT molecular complexity index is 850. The fourth-order valence-corrected chi connectivity index (χ4v) is 3.44. The Morgan fingerprint density at radius 3 is 2.43 bits per heavy atom. The first kappa shape index (κ1) is 19.5. The number of hydrogen-bond donors (Lipinski definition) is 1. The molecule has 1 aliphatic heterocycles. The maximum atomic E-state index is 12.9. The predicted molar refractivity (Wildman–Crippen MR) is 105 cm³/mol. The van der Waals surface area contributed by atoms with Crippen LogP contribution in [0, 0.1) is 0 Å². The van der Waals surface area contributed by atoms with Gasteiger partial charge in [0.1, 0.15) is 11.5 Å². The lowest BCUT2D eigenvalue weighted by Crippen LogP contribution is -2.34. The third-order valence-electron chi connectivity index (χ3n) is 4.87. The highest BCUT2D eigenvalue weighted by molar-refractivity contribution is 5.92. The largest absolute Gasteiger partial charge is 0.497 e. The number of carbonyl (C=O) groups is 2. The van der Waals surface area contributed by atoms with Crippen molar-refractivity contribution in [2.24, 2.45) is 0 Å². The van der Waals surface area contributed by atoms with E-state index in [9.17, 15) is 9.59 Å². The molecule has 2 aromatic carbocycles. The van der Waals surface area contributed by atoms with Crippen molar-refractivity contribution in [1.82, 2.24) is 4.90 Å². The molecule has 2 aromatic rings. The molecule has 0 saturated carbocycles. The van der Waals surface area contributed by atoms with Crippen LogP contribution in [0.3, 0.4) is 0 Å². The van der Waals surface area contributed by atoms with Crippen LogP contribution in [-0.2, 0) is 4.74 Å². The van der Waals surface area contributed by atoms with Crippen molar-refractivity contribution in [3.8, 4) is 11.5 Å². The van der Waals surface area contributed by atoms with Crippen LogP contribution in [0.5, 0.6) is 11.5 Å². The third kappa shape index (κ3) is 4.03. The van der Waals surface area contributed by atoms with Crippen molar-refractivity contribution in [2.45, 2.75) is 18.9 Å². The summed E-state index contributed by atoms with van der Waals surface area (Å²) in [5, 5.41) is 2.90. The summed E-state index contributed by atoms with van der Waals surface area (Å²) in [6, 6.07) is 11.9. The van der Waals surface area contributed by atoms with Gasteiger partial charge in [-0.1, -0.05) is 0 Å². The Hall–Kier alpha value is -3.22. The van der Waals surface area contributed by atoms with Crippen molar-refractivity contribution >= 4 is 17.7 Å². The van der Waals surface area contributed by atoms with Gasteiger partial charge in [0.05, 0.1) is 32.9 Å². The smallest absolute Gasteiger partial charge is 0.337 e. The van der Waals surface area contributed by atoms with Gasteiger partial charge in [-0.15, -0.1) is 0 Å². The van der Waals surface area contributed by atoms with Gasteiger partial charge in [-0.25, -0.2) is 9.59 Å². The summed E-state index contributed by atoms with van der Waals surface area (Å²) in [7, 11) is 4.56. The molecule has 0 aromatic heterocycles. The van der Waals surface area contributed by atoms with Gasteiger partial charge < -0.3 is 24.4 Å². The van der Waals surface area contributed by atoms with Gasteiger partial charge in [-0.3, -0.25) is 0 Å². The molecule has 0 aliphatic carbocycles. The van der Waals surface area contributed by atoms with E-state index >= 15 is 0 Å². The molecule has 2 amide bonds. The van der Waals surface area contributed by atoms with Gasteiger partial charge in [0.2, 0.25) is 0 Å². The lowest BCUT2D eigenvalue weighted by molar-refractivity contribution is 0.0600. The number of hydrogen-bond acceptors (Lipinski definition) is 5. The number of nitrogens with one attached hydrogen (secondary N) is 1. The molecule has 1 fully saturated rings. The highest BCUT2D eigenvalue weighted by Crippen LogP contribution is 2.39. The fraction of sp³-hybridized carbons (Fsp3) is 0.333. The number of urea groups is 1. The Kier molecular flexibility index (Phi) is 6.03. The topological polar surface area (TPSA) is 77.1 Å². The van der Waals surface area contributed by atoms with E-state index in [2.05, 4.69) is 10.1 Å². The first-order valence-electron chi connectivity index (χ1n) is 9.05. The van der Waals surface area contributed by atoms with Crippen LogP contribution in [0.25, 0.3) is 0 Å². The molecule has 0 radical (unpaired) electrons. The molecule has 1 saturated heterocycles. The highest BCUT2D eigenvalue weighted by Gasteiger charge is 2.32. The van der Waals surface area contributed by atoms with Crippen LogP contribution < -0.4 is 14.8 Å². The Balaban J connectivity index is 1.77. The molecule has 1 heterocycles. The van der Waals surface area contributed by atoms with Crippen molar-refractivity contribution in [1.29, 1.82) is 0 Å². The molecule has 0 bridgehead atoms. The van der Waals surface area contributed by atoms with E-state index in [1.807, 2.05) is 18.2 Å². The number of anilines is 1. The second kappa shape index (κ2) is 8.65. The number of nitrogens with zero attached hydrogens (tertiary/aromatic N) is 1. The number of likely N-dealkylation sites (tertiary alicyclic amines) is 1. The normalized spacial score (nSPS) is 15.8. The van der Waals surface area contributed by atoms with Crippen molar-refractivity contribution in [2.75, 3.05) is 33.2 Å². The predicted octanol–water partition coefficient (Wildman–Crippen LogP) is 3.86. The maximum absolute atomic E-state index is 12.9. The molecule has 148 valence electrons. The molecule has 1 atom stereocenters. The number of rotatable bonds is 5. The minimum atomic E-state index is -0.414. The van der Waals surface area contributed by atoms with Crippen molar-refractivity contribution in [3.05, 3.63) is 53.6 Å². The Morgan fingerprint density at radius 2 is 1.79 bits per heavy atom. The number of amides is 2. The molecule has 1 N–H and O–H groups in total. The SMILES string of the molecule is COC(=O)c1ccc(NC(=O)N2CCCC2c2cc(OC)ccc2OC)cc1. The van der Waals surface area contributed by atoms with Crippen LogP contribution in [0.1, 0.15) is 34.8 Å². The van der Waals surface area contributed by atoms with E-state index in [1.54, 1.807) is 43.4 Å². The van der Waals surface area contributed by atoms with Gasteiger partial charge >= 0.3 is 12.0 Å². The third-order valence-corrected chi connectivity index (χ3v) is 4.87. The van der Waals surface area contributed by atoms with Crippen LogP contribution >= 0.6 is 0 Å². The zero-order chi connectivity index (χ0) is 20.1. The molecule has 7 nitrogen and oxygen atoms in total. The van der Waals surface area contributed by atoms with E-state index in [4.69, 9.17) is 9.47 Å². The average Bonchev–Trinajstić information content (AvgIpc) is 3.23. The molecule has 28 heavy (non-hydrogen) atoms. The monoisotopic (exact) mass is 384 g/mol. The molecular weight excluding hydrogens is 360 g/mol. The fourth-order valence-electron chi connectivity index (χ4n) is 3.44. The number of methoxy groups -OCH3 is 3. The summed E-state index contributed by atoms with van der Waals surface area (Å²) in [6.45, 7) is 0.650. The van der Waals surface area contributed by atoms with E-state index in [0.29, 0.717) is 17.8 Å². The number of benzene rings is 2. The standard InChI is InChI=1S/C21H24N2O5/c1-26-16-10-11-19(27-2)17(13-16)18-5-4-12-23(18)21(25)22-15-8-6-14(7-9-15)20(24)28-3/h6-11,13,18H,4-5,12H2,1-3H3,(H,22,25). The Morgan fingerprint density at radius 1 is 1.04 bits per heavy atom. The van der Waals surface area contributed by atoms with Gasteiger partial charge in [-0.2, -0.15) is 0 Å². The summed E-state index contributed by atoms with van der Waals surface area (Å²) >= 11 is 0. The van der Waals surface area contributed by atoms with Crippen molar-refractivity contribution in [3.63, 3.8) is 0 Å². The Labute approximate surface area is 164 Å². The van der Waals surface area contributed by atoms with Gasteiger partial charge in [0, 0.05) is 17.8 Å². The zero-order valence-electron chi connectivity index (χ0n) is 16.2. The molecule has 3 rings (SSSR count). The number of carbonyl (C=O) groups excluding carboxylic acids is 2. The minimum Gasteiger partial charge on any atom is -0.497 e. The molecule has 1 aliphatic rings. The number of ether oxygens (including phenoxy) is 3. The summed E-state index contributed by atoms with van der Waals surface area (Å²) in [6.07, 6.45) is 1.75. The maximum Gasteiger partial charge on any atom is 0.337 e. The molecule has 0 spiro atoms. The zero-order valence-corrected chi connectivity index (χ0v) is 16.2. The van der Waals surface area contributed by atoms with E-state index in [1.165, 1.54) is 7.11 Å². The molecule has 7 heteroatoms. The minimum absolute atomic E-state index is 0.0978. The van der Waals surface area contributed by atoms with Gasteiger partial charge in [0.25, 0.3) is 0 Å². The van der Waals surface area contributed by atoms with Crippen molar-refractivity contribution < 1.29 is 23.8 Å². The summed E-state index contributed by atoms with van der Waals surface area (Å²) in [5.74, 6) is 1.04. The van der Waals surface area contributed by atoms with Crippen LogP contribution in [0.4, 0.5) is 10.5 Å². The second-order valence-corrected chi connectivity index (χ2v) is 6.46. The van der Waals surface area contributed by atoms with E-state index in [-0.39, 0.29) is 12.1 Å². The quantitative estimate of drug-likeness (QED) is 0.792. The summed E-state index contributed by atoms with van der Waals surface area (Å²) in [4.78, 5) is 26.2. The average molecular weight is 384 g/mol.